The Morgan fingerprint density at radius 2 is 1.75 bits per heavy atom. The van der Waals surface area contributed by atoms with Crippen LogP contribution in [0.25, 0.3) is 11.0 Å². The molecule has 2 aromatic heterocycles. The molecule has 1 aliphatic heterocycles. The molecule has 4 aromatic rings. The van der Waals surface area contributed by atoms with Gasteiger partial charge in [-0.3, -0.25) is 4.79 Å². The second-order valence-corrected chi connectivity index (χ2v) is 7.53. The predicted molar refractivity (Wildman–Crippen MR) is 123 cm³/mol. The lowest BCUT2D eigenvalue weighted by Gasteiger charge is -2.38. The second kappa shape index (κ2) is 8.47. The monoisotopic (exact) mass is 423 g/mol. The number of anilines is 2. The largest absolute Gasteiger partial charge is 0.457 e. The van der Waals surface area contributed by atoms with E-state index in [1.54, 1.807) is 4.90 Å². The van der Waals surface area contributed by atoms with E-state index >= 15 is 0 Å². The van der Waals surface area contributed by atoms with Crippen molar-refractivity contribution in [3.63, 3.8) is 0 Å². The van der Waals surface area contributed by atoms with Gasteiger partial charge in [0.2, 0.25) is 5.91 Å². The number of benzene rings is 2. The van der Waals surface area contributed by atoms with Crippen LogP contribution in [-0.2, 0) is 4.79 Å². The zero-order valence-electron chi connectivity index (χ0n) is 17.3. The lowest BCUT2D eigenvalue weighted by atomic mass is 9.95. The molecule has 1 aliphatic rings. The maximum atomic E-state index is 11.7. The molecule has 0 spiro atoms. The zero-order chi connectivity index (χ0) is 21.9. The molecule has 0 unspecified atom stereocenters. The van der Waals surface area contributed by atoms with Gasteiger partial charge in [0.05, 0.1) is 5.52 Å². The number of hydrogen-bond acceptors (Lipinski definition) is 6. The van der Waals surface area contributed by atoms with Crippen molar-refractivity contribution in [2.75, 3.05) is 18.4 Å². The van der Waals surface area contributed by atoms with Crippen LogP contribution in [0.5, 0.6) is 11.5 Å². The van der Waals surface area contributed by atoms with Crippen molar-refractivity contribution >= 4 is 28.4 Å². The molecule has 1 fully saturated rings. The van der Waals surface area contributed by atoms with Crippen molar-refractivity contribution in [2.45, 2.75) is 5.92 Å². The molecule has 0 saturated carbocycles. The summed E-state index contributed by atoms with van der Waals surface area (Å²) in [5.74, 6) is 2.32. The maximum Gasteiger partial charge on any atom is 0.245 e. The quantitative estimate of drug-likeness (QED) is 0.454. The first kappa shape index (κ1) is 19.7. The van der Waals surface area contributed by atoms with Crippen LogP contribution in [-0.4, -0.2) is 38.8 Å². The average molecular weight is 423 g/mol. The van der Waals surface area contributed by atoms with E-state index in [1.165, 1.54) is 12.4 Å². The first-order valence-electron chi connectivity index (χ1n) is 10.3. The molecule has 1 saturated heterocycles. The highest BCUT2D eigenvalue weighted by molar-refractivity contribution is 5.88. The van der Waals surface area contributed by atoms with Crippen LogP contribution < -0.4 is 10.1 Å². The van der Waals surface area contributed by atoms with Gasteiger partial charge in [0, 0.05) is 30.4 Å². The van der Waals surface area contributed by atoms with Gasteiger partial charge >= 0.3 is 0 Å². The fraction of sp³-hybridized carbons (Fsp3) is 0.120. The van der Waals surface area contributed by atoms with E-state index in [9.17, 15) is 4.79 Å². The van der Waals surface area contributed by atoms with Gasteiger partial charge in [-0.15, -0.1) is 0 Å². The van der Waals surface area contributed by atoms with Crippen LogP contribution in [0.1, 0.15) is 11.6 Å². The van der Waals surface area contributed by atoms with Crippen molar-refractivity contribution in [3.05, 3.63) is 91.4 Å². The normalized spacial score (nSPS) is 13.4. The summed E-state index contributed by atoms with van der Waals surface area (Å²) < 4.78 is 5.85. The standard InChI is InChI=1S/C25H21N5O2/c1-2-23(31)30-14-17(15-30)21-12-13-22-24(29-21)25(27-16-26-22)28-18-8-10-20(11-9-18)32-19-6-4-3-5-7-19/h2-13,16-17H,1,14-15H2,(H,26,27,28). The number of aromatic nitrogens is 3. The number of ether oxygens (including phenoxy) is 1. The van der Waals surface area contributed by atoms with Gasteiger partial charge in [-0.2, -0.15) is 0 Å². The van der Waals surface area contributed by atoms with Gasteiger partial charge in [0.15, 0.2) is 5.82 Å². The summed E-state index contributed by atoms with van der Waals surface area (Å²) in [5, 5.41) is 3.33. The minimum atomic E-state index is -0.0487. The number of likely N-dealkylation sites (tertiary alicyclic amines) is 1. The molecule has 1 N–H and O–H groups in total. The molecule has 7 heteroatoms. The van der Waals surface area contributed by atoms with Crippen molar-refractivity contribution in [2.24, 2.45) is 0 Å². The van der Waals surface area contributed by atoms with Crippen molar-refractivity contribution in [3.8, 4) is 11.5 Å². The molecule has 32 heavy (non-hydrogen) atoms. The third-order valence-corrected chi connectivity index (χ3v) is 5.39. The number of fused-ring (bicyclic) bond motifs is 1. The Morgan fingerprint density at radius 3 is 2.50 bits per heavy atom. The summed E-state index contributed by atoms with van der Waals surface area (Å²) in [5.41, 5.74) is 3.25. The highest BCUT2D eigenvalue weighted by Gasteiger charge is 2.31. The zero-order valence-corrected chi connectivity index (χ0v) is 17.3. The fourth-order valence-electron chi connectivity index (χ4n) is 3.62. The number of nitrogens with zero attached hydrogens (tertiary/aromatic N) is 4. The molecule has 0 aliphatic carbocycles. The van der Waals surface area contributed by atoms with Crippen LogP contribution in [0, 0.1) is 0 Å². The van der Waals surface area contributed by atoms with Crippen LogP contribution in [0.4, 0.5) is 11.5 Å². The number of nitrogens with one attached hydrogen (secondary N) is 1. The molecule has 158 valence electrons. The molecule has 0 radical (unpaired) electrons. The van der Waals surface area contributed by atoms with Gasteiger partial charge in [-0.25, -0.2) is 15.0 Å². The maximum absolute atomic E-state index is 11.7. The number of pyridine rings is 1. The van der Waals surface area contributed by atoms with E-state index in [0.717, 1.165) is 28.4 Å². The number of carbonyl (C=O) groups is 1. The Hall–Kier alpha value is -4.26. The molecule has 5 rings (SSSR count). The predicted octanol–water partition coefficient (Wildman–Crippen LogP) is 4.67. The average Bonchev–Trinajstić information content (AvgIpc) is 2.80. The third-order valence-electron chi connectivity index (χ3n) is 5.39. The molecule has 2 aromatic carbocycles. The highest BCUT2D eigenvalue weighted by Crippen LogP contribution is 2.30. The lowest BCUT2D eigenvalue weighted by Crippen LogP contribution is -2.48. The highest BCUT2D eigenvalue weighted by atomic mass is 16.5. The number of rotatable bonds is 6. The summed E-state index contributed by atoms with van der Waals surface area (Å²) >= 11 is 0. The van der Waals surface area contributed by atoms with Gasteiger partial charge in [-0.1, -0.05) is 24.8 Å². The van der Waals surface area contributed by atoms with Gasteiger partial charge < -0.3 is 15.0 Å². The van der Waals surface area contributed by atoms with Crippen LogP contribution in [0.2, 0.25) is 0 Å². The third kappa shape index (κ3) is 4.00. The Balaban J connectivity index is 1.34. The first-order chi connectivity index (χ1) is 15.7. The fourth-order valence-corrected chi connectivity index (χ4v) is 3.62. The molecule has 7 nitrogen and oxygen atoms in total. The van der Waals surface area contributed by atoms with E-state index in [1.807, 2.05) is 66.7 Å². The van der Waals surface area contributed by atoms with Gasteiger partial charge in [0.25, 0.3) is 0 Å². The molecule has 0 atom stereocenters. The SMILES string of the molecule is C=CC(=O)N1CC(c2ccc3ncnc(Nc4ccc(Oc5ccccc5)cc4)c3n2)C1. The number of para-hydroxylation sites is 1. The minimum Gasteiger partial charge on any atom is -0.457 e. The van der Waals surface area contributed by atoms with E-state index in [0.29, 0.717) is 24.4 Å². The Kier molecular flexibility index (Phi) is 5.21. The first-order valence-corrected chi connectivity index (χ1v) is 10.3. The van der Waals surface area contributed by atoms with Crippen molar-refractivity contribution in [1.82, 2.24) is 19.9 Å². The Bertz CT molecular complexity index is 1270. The number of hydrogen-bond donors (Lipinski definition) is 1. The van der Waals surface area contributed by atoms with Crippen LogP contribution in [0.3, 0.4) is 0 Å². The summed E-state index contributed by atoms with van der Waals surface area (Å²) in [6, 6.07) is 21.2. The van der Waals surface area contributed by atoms with Crippen LogP contribution >= 0.6 is 0 Å². The van der Waals surface area contributed by atoms with E-state index < -0.39 is 0 Å². The smallest absolute Gasteiger partial charge is 0.245 e. The molecule has 3 heterocycles. The van der Waals surface area contributed by atoms with Crippen molar-refractivity contribution in [1.29, 1.82) is 0 Å². The topological polar surface area (TPSA) is 80.2 Å². The summed E-state index contributed by atoms with van der Waals surface area (Å²) in [7, 11) is 0. The van der Waals surface area contributed by atoms with Crippen LogP contribution in [0.15, 0.2) is 85.7 Å². The minimum absolute atomic E-state index is 0.0487. The summed E-state index contributed by atoms with van der Waals surface area (Å²) in [4.78, 5) is 27.0. The lowest BCUT2D eigenvalue weighted by molar-refractivity contribution is -0.130. The number of carbonyl (C=O) groups excluding carboxylic acids is 1. The molecular formula is C25H21N5O2. The Morgan fingerprint density at radius 1 is 1.00 bits per heavy atom. The van der Waals surface area contributed by atoms with Gasteiger partial charge in [0.1, 0.15) is 23.3 Å². The van der Waals surface area contributed by atoms with Gasteiger partial charge in [-0.05, 0) is 54.6 Å². The Labute approximate surface area is 185 Å². The molecule has 1 amide bonds. The summed E-state index contributed by atoms with van der Waals surface area (Å²) in [6.45, 7) is 4.82. The number of amides is 1. The summed E-state index contributed by atoms with van der Waals surface area (Å²) in [6.07, 6.45) is 2.86. The van der Waals surface area contributed by atoms with E-state index in [2.05, 4.69) is 21.9 Å². The van der Waals surface area contributed by atoms with Crippen molar-refractivity contribution < 1.29 is 9.53 Å². The van der Waals surface area contributed by atoms with E-state index in [4.69, 9.17) is 9.72 Å². The molecule has 0 bridgehead atoms. The molecular weight excluding hydrogens is 402 g/mol. The van der Waals surface area contributed by atoms with E-state index in [-0.39, 0.29) is 11.8 Å². The second-order valence-electron chi connectivity index (χ2n) is 7.53.